The zero-order valence-corrected chi connectivity index (χ0v) is 11.8. The molecule has 0 aliphatic carbocycles. The van der Waals surface area contributed by atoms with Crippen LogP contribution in [-0.2, 0) is 14.3 Å². The van der Waals surface area contributed by atoms with Crippen LogP contribution in [-0.4, -0.2) is 50.1 Å². The fourth-order valence-electron chi connectivity index (χ4n) is 1.54. The van der Waals surface area contributed by atoms with Gasteiger partial charge in [-0.3, -0.25) is 9.59 Å². The standard InChI is InChI=1S/C13H26N2O3/c1-4-5-9-15(12(2)16)10-7-13(17)14-8-6-11-18-3/h4-11H2,1-3H3,(H,14,17). The molecule has 0 heterocycles. The lowest BCUT2D eigenvalue weighted by atomic mass is 10.3. The van der Waals surface area contributed by atoms with Crippen LogP contribution < -0.4 is 5.32 Å². The van der Waals surface area contributed by atoms with Crippen molar-refractivity contribution in [3.63, 3.8) is 0 Å². The molecule has 106 valence electrons. The molecule has 0 aromatic rings. The number of rotatable bonds is 10. The second-order valence-electron chi connectivity index (χ2n) is 4.31. The lowest BCUT2D eigenvalue weighted by Crippen LogP contribution is -2.34. The molecule has 0 saturated heterocycles. The first-order valence-electron chi connectivity index (χ1n) is 6.63. The fourth-order valence-corrected chi connectivity index (χ4v) is 1.54. The molecular formula is C13H26N2O3. The Bertz CT molecular complexity index is 244. The molecular weight excluding hydrogens is 232 g/mol. The Morgan fingerprint density at radius 2 is 1.94 bits per heavy atom. The number of methoxy groups -OCH3 is 1. The number of carbonyl (C=O) groups excluding carboxylic acids is 2. The quantitative estimate of drug-likeness (QED) is 0.599. The number of unbranched alkanes of at least 4 members (excludes halogenated alkanes) is 1. The summed E-state index contributed by atoms with van der Waals surface area (Å²) in [5.74, 6) is 0.0319. The van der Waals surface area contributed by atoms with Crippen molar-refractivity contribution in [3.05, 3.63) is 0 Å². The van der Waals surface area contributed by atoms with Crippen molar-refractivity contribution in [1.29, 1.82) is 0 Å². The highest BCUT2D eigenvalue weighted by Gasteiger charge is 2.10. The number of ether oxygens (including phenoxy) is 1. The molecule has 1 N–H and O–H groups in total. The van der Waals surface area contributed by atoms with E-state index in [9.17, 15) is 9.59 Å². The Hall–Kier alpha value is -1.10. The summed E-state index contributed by atoms with van der Waals surface area (Å²) < 4.78 is 4.89. The van der Waals surface area contributed by atoms with Crippen molar-refractivity contribution in [2.45, 2.75) is 39.5 Å². The predicted molar refractivity (Wildman–Crippen MR) is 71.3 cm³/mol. The number of carbonyl (C=O) groups is 2. The first kappa shape index (κ1) is 16.9. The van der Waals surface area contributed by atoms with Crippen LogP contribution >= 0.6 is 0 Å². The molecule has 0 saturated carbocycles. The van der Waals surface area contributed by atoms with Crippen molar-refractivity contribution in [2.75, 3.05) is 33.4 Å². The smallest absolute Gasteiger partial charge is 0.221 e. The maximum Gasteiger partial charge on any atom is 0.221 e. The highest BCUT2D eigenvalue weighted by Crippen LogP contribution is 1.98. The van der Waals surface area contributed by atoms with Crippen LogP contribution in [0, 0.1) is 0 Å². The van der Waals surface area contributed by atoms with Gasteiger partial charge in [-0.05, 0) is 12.8 Å². The number of nitrogens with zero attached hydrogens (tertiary/aromatic N) is 1. The molecule has 0 fully saturated rings. The summed E-state index contributed by atoms with van der Waals surface area (Å²) in [5, 5.41) is 2.81. The van der Waals surface area contributed by atoms with Gasteiger partial charge in [0, 0.05) is 46.7 Å². The molecule has 0 aliphatic rings. The van der Waals surface area contributed by atoms with Crippen LogP contribution in [0.3, 0.4) is 0 Å². The molecule has 5 nitrogen and oxygen atoms in total. The molecule has 5 heteroatoms. The van der Waals surface area contributed by atoms with Gasteiger partial charge in [0.25, 0.3) is 0 Å². The van der Waals surface area contributed by atoms with E-state index in [0.29, 0.717) is 26.1 Å². The molecule has 0 unspecified atom stereocenters. The molecule has 0 atom stereocenters. The van der Waals surface area contributed by atoms with Crippen molar-refractivity contribution >= 4 is 11.8 Å². The Kier molecular flexibility index (Phi) is 10.3. The SMILES string of the molecule is CCCCN(CCC(=O)NCCCOC)C(C)=O. The minimum atomic E-state index is -0.00569. The van der Waals surface area contributed by atoms with Crippen molar-refractivity contribution in [2.24, 2.45) is 0 Å². The Labute approximate surface area is 110 Å². The number of hydrogen-bond donors (Lipinski definition) is 1. The van der Waals surface area contributed by atoms with Gasteiger partial charge in [0.15, 0.2) is 0 Å². The third-order valence-electron chi connectivity index (χ3n) is 2.68. The highest BCUT2D eigenvalue weighted by atomic mass is 16.5. The minimum absolute atomic E-state index is 0.00569. The largest absolute Gasteiger partial charge is 0.385 e. The van der Waals surface area contributed by atoms with Crippen LogP contribution in [0.1, 0.15) is 39.5 Å². The maximum atomic E-state index is 11.5. The molecule has 0 bridgehead atoms. The van der Waals surface area contributed by atoms with E-state index >= 15 is 0 Å². The molecule has 0 radical (unpaired) electrons. The first-order valence-corrected chi connectivity index (χ1v) is 6.63. The predicted octanol–water partition coefficient (Wildman–Crippen LogP) is 1.18. The maximum absolute atomic E-state index is 11.5. The van der Waals surface area contributed by atoms with Crippen molar-refractivity contribution < 1.29 is 14.3 Å². The number of hydrogen-bond acceptors (Lipinski definition) is 3. The molecule has 0 aromatic heterocycles. The second-order valence-corrected chi connectivity index (χ2v) is 4.31. The third-order valence-corrected chi connectivity index (χ3v) is 2.68. The Balaban J connectivity index is 3.74. The van der Waals surface area contributed by atoms with Crippen LogP contribution in [0.25, 0.3) is 0 Å². The summed E-state index contributed by atoms with van der Waals surface area (Å²) in [4.78, 5) is 24.6. The normalized spacial score (nSPS) is 10.2. The van der Waals surface area contributed by atoms with Gasteiger partial charge >= 0.3 is 0 Å². The van der Waals surface area contributed by atoms with Gasteiger partial charge in [0.2, 0.25) is 11.8 Å². The van der Waals surface area contributed by atoms with Gasteiger partial charge in [-0.25, -0.2) is 0 Å². The van der Waals surface area contributed by atoms with Crippen molar-refractivity contribution in [1.82, 2.24) is 10.2 Å². The van der Waals surface area contributed by atoms with Gasteiger partial charge in [-0.2, -0.15) is 0 Å². The molecule has 0 spiro atoms. The minimum Gasteiger partial charge on any atom is -0.385 e. The third kappa shape index (κ3) is 8.98. The van der Waals surface area contributed by atoms with Crippen LogP contribution in [0.5, 0.6) is 0 Å². The molecule has 0 aromatic carbocycles. The summed E-state index contributed by atoms with van der Waals surface area (Å²) in [5.41, 5.74) is 0. The summed E-state index contributed by atoms with van der Waals surface area (Å²) >= 11 is 0. The van der Waals surface area contributed by atoms with E-state index in [1.807, 2.05) is 0 Å². The average molecular weight is 258 g/mol. The highest BCUT2D eigenvalue weighted by molar-refractivity contribution is 5.77. The molecule has 18 heavy (non-hydrogen) atoms. The van der Waals surface area contributed by atoms with Gasteiger partial charge in [-0.1, -0.05) is 13.3 Å². The van der Waals surface area contributed by atoms with E-state index in [1.54, 1.807) is 18.9 Å². The van der Waals surface area contributed by atoms with E-state index < -0.39 is 0 Å². The number of amides is 2. The summed E-state index contributed by atoms with van der Waals surface area (Å²) in [6.45, 7) is 6.15. The van der Waals surface area contributed by atoms with E-state index in [0.717, 1.165) is 25.8 Å². The zero-order chi connectivity index (χ0) is 13.8. The average Bonchev–Trinajstić information content (AvgIpc) is 2.34. The van der Waals surface area contributed by atoms with Crippen LogP contribution in [0.15, 0.2) is 0 Å². The van der Waals surface area contributed by atoms with E-state index in [2.05, 4.69) is 12.2 Å². The molecule has 2 amide bonds. The summed E-state index contributed by atoms with van der Waals surface area (Å²) in [7, 11) is 1.64. The van der Waals surface area contributed by atoms with E-state index in [1.165, 1.54) is 0 Å². The summed E-state index contributed by atoms with van der Waals surface area (Å²) in [6.07, 6.45) is 3.22. The van der Waals surface area contributed by atoms with Gasteiger partial charge in [-0.15, -0.1) is 0 Å². The first-order chi connectivity index (χ1) is 8.61. The van der Waals surface area contributed by atoms with E-state index in [4.69, 9.17) is 4.74 Å². The number of nitrogens with one attached hydrogen (secondary N) is 1. The Morgan fingerprint density at radius 3 is 2.50 bits per heavy atom. The molecule has 0 rings (SSSR count). The monoisotopic (exact) mass is 258 g/mol. The lowest BCUT2D eigenvalue weighted by Gasteiger charge is -2.20. The van der Waals surface area contributed by atoms with Crippen LogP contribution in [0.4, 0.5) is 0 Å². The van der Waals surface area contributed by atoms with Gasteiger partial charge < -0.3 is 15.0 Å². The second kappa shape index (κ2) is 11.0. The van der Waals surface area contributed by atoms with Gasteiger partial charge in [0.1, 0.15) is 0 Å². The molecule has 0 aliphatic heterocycles. The zero-order valence-electron chi connectivity index (χ0n) is 11.8. The van der Waals surface area contributed by atoms with E-state index in [-0.39, 0.29) is 11.8 Å². The summed E-state index contributed by atoms with van der Waals surface area (Å²) in [6, 6.07) is 0. The van der Waals surface area contributed by atoms with Crippen LogP contribution in [0.2, 0.25) is 0 Å². The lowest BCUT2D eigenvalue weighted by molar-refractivity contribution is -0.129. The van der Waals surface area contributed by atoms with Gasteiger partial charge in [0.05, 0.1) is 0 Å². The fraction of sp³-hybridized carbons (Fsp3) is 0.846. The topological polar surface area (TPSA) is 58.6 Å². The van der Waals surface area contributed by atoms with Crippen molar-refractivity contribution in [3.8, 4) is 0 Å². The Morgan fingerprint density at radius 1 is 1.22 bits per heavy atom.